The Kier molecular flexibility index (Phi) is 4.72. The van der Waals surface area contributed by atoms with E-state index < -0.39 is 30.0 Å². The molecule has 0 saturated heterocycles. The van der Waals surface area contributed by atoms with Crippen molar-refractivity contribution >= 4 is 5.97 Å². The van der Waals surface area contributed by atoms with Gasteiger partial charge in [0.2, 0.25) is 6.43 Å². The molecule has 100 valence electrons. The highest BCUT2D eigenvalue weighted by molar-refractivity contribution is 5.83. The Morgan fingerprint density at radius 2 is 1.94 bits per heavy atom. The van der Waals surface area contributed by atoms with Crippen molar-refractivity contribution in [3.05, 3.63) is 35.6 Å². The first-order chi connectivity index (χ1) is 8.46. The summed E-state index contributed by atoms with van der Waals surface area (Å²) in [4.78, 5) is 11.8. The summed E-state index contributed by atoms with van der Waals surface area (Å²) in [6.07, 6.45) is -3.49. The highest BCUT2D eigenvalue weighted by Gasteiger charge is 2.42. The average Bonchev–Trinajstić information content (AvgIpc) is 2.35. The standard InChI is InChI=1S/C12H14F3NO2/c1-18-11(17)12(7-16,6-10(14)15)8-2-4-9(13)5-3-8/h2-5,10H,6-7,16H2,1H3. The molecule has 0 bridgehead atoms. The molecule has 1 aromatic rings. The fraction of sp³-hybridized carbons (Fsp3) is 0.417. The number of esters is 1. The van der Waals surface area contributed by atoms with E-state index in [9.17, 15) is 18.0 Å². The van der Waals surface area contributed by atoms with Crippen LogP contribution in [0.25, 0.3) is 0 Å². The molecule has 0 aliphatic carbocycles. The Labute approximate surface area is 103 Å². The van der Waals surface area contributed by atoms with Gasteiger partial charge in [-0.25, -0.2) is 13.2 Å². The lowest BCUT2D eigenvalue weighted by atomic mass is 9.77. The molecular weight excluding hydrogens is 247 g/mol. The Morgan fingerprint density at radius 3 is 2.33 bits per heavy atom. The number of benzene rings is 1. The second-order valence-corrected chi connectivity index (χ2v) is 3.88. The van der Waals surface area contributed by atoms with Gasteiger partial charge in [-0.3, -0.25) is 4.79 Å². The number of carbonyl (C=O) groups excluding carboxylic acids is 1. The minimum atomic E-state index is -2.72. The number of halogens is 3. The molecule has 0 radical (unpaired) electrons. The number of nitrogens with two attached hydrogens (primary N) is 1. The van der Waals surface area contributed by atoms with Crippen LogP contribution in [0.1, 0.15) is 12.0 Å². The van der Waals surface area contributed by atoms with E-state index in [0.29, 0.717) is 0 Å². The minimum absolute atomic E-state index is 0.221. The summed E-state index contributed by atoms with van der Waals surface area (Å²) in [5.74, 6) is -1.37. The first-order valence-electron chi connectivity index (χ1n) is 5.29. The Balaban J connectivity index is 3.24. The van der Waals surface area contributed by atoms with Gasteiger partial charge >= 0.3 is 5.97 Å². The molecule has 2 N–H and O–H groups in total. The first kappa shape index (κ1) is 14.5. The van der Waals surface area contributed by atoms with Crippen LogP contribution in [0.15, 0.2) is 24.3 Å². The Bertz CT molecular complexity index is 408. The predicted molar refractivity (Wildman–Crippen MR) is 59.8 cm³/mol. The van der Waals surface area contributed by atoms with Gasteiger partial charge in [-0.2, -0.15) is 0 Å². The fourth-order valence-corrected chi connectivity index (χ4v) is 1.83. The SMILES string of the molecule is COC(=O)C(CN)(CC(F)F)c1ccc(F)cc1. The molecule has 0 amide bonds. The van der Waals surface area contributed by atoms with E-state index in [2.05, 4.69) is 4.74 Å². The number of alkyl halides is 2. The normalized spacial score (nSPS) is 14.3. The van der Waals surface area contributed by atoms with Gasteiger partial charge in [-0.05, 0) is 17.7 Å². The summed E-state index contributed by atoms with van der Waals surface area (Å²) in [7, 11) is 1.10. The van der Waals surface area contributed by atoms with E-state index in [-0.39, 0.29) is 12.1 Å². The van der Waals surface area contributed by atoms with Gasteiger partial charge in [0.1, 0.15) is 11.2 Å². The van der Waals surface area contributed by atoms with Crippen molar-refractivity contribution < 1.29 is 22.7 Å². The van der Waals surface area contributed by atoms with Crippen LogP contribution < -0.4 is 5.73 Å². The maximum absolute atomic E-state index is 12.8. The van der Waals surface area contributed by atoms with Crippen LogP contribution in [-0.2, 0) is 14.9 Å². The predicted octanol–water partition coefficient (Wildman–Crippen LogP) is 1.85. The number of carbonyl (C=O) groups is 1. The quantitative estimate of drug-likeness (QED) is 0.823. The van der Waals surface area contributed by atoms with Crippen LogP contribution in [0, 0.1) is 5.82 Å². The highest BCUT2D eigenvalue weighted by Crippen LogP contribution is 2.31. The molecule has 1 rings (SSSR count). The number of methoxy groups -OCH3 is 1. The third-order valence-electron chi connectivity index (χ3n) is 2.82. The van der Waals surface area contributed by atoms with Gasteiger partial charge in [0.15, 0.2) is 0 Å². The van der Waals surface area contributed by atoms with Crippen molar-refractivity contribution in [1.29, 1.82) is 0 Å². The summed E-state index contributed by atoms with van der Waals surface area (Å²) < 4.78 is 42.7. The fourth-order valence-electron chi connectivity index (χ4n) is 1.83. The molecule has 6 heteroatoms. The average molecular weight is 261 g/mol. The number of rotatable bonds is 5. The van der Waals surface area contributed by atoms with Crippen molar-refractivity contribution in [2.45, 2.75) is 18.3 Å². The molecule has 0 fully saturated rings. The van der Waals surface area contributed by atoms with Gasteiger partial charge in [-0.1, -0.05) is 12.1 Å². The van der Waals surface area contributed by atoms with E-state index in [1.54, 1.807) is 0 Å². The van der Waals surface area contributed by atoms with Gasteiger partial charge in [0.25, 0.3) is 0 Å². The van der Waals surface area contributed by atoms with E-state index >= 15 is 0 Å². The summed E-state index contributed by atoms with van der Waals surface area (Å²) >= 11 is 0. The molecule has 18 heavy (non-hydrogen) atoms. The topological polar surface area (TPSA) is 52.3 Å². The first-order valence-corrected chi connectivity index (χ1v) is 5.29. The van der Waals surface area contributed by atoms with Crippen molar-refractivity contribution in [2.24, 2.45) is 5.73 Å². The van der Waals surface area contributed by atoms with E-state index in [0.717, 1.165) is 19.2 Å². The molecule has 0 aliphatic heterocycles. The van der Waals surface area contributed by atoms with Gasteiger partial charge in [0, 0.05) is 13.0 Å². The second-order valence-electron chi connectivity index (χ2n) is 3.88. The minimum Gasteiger partial charge on any atom is -0.468 e. The highest BCUT2D eigenvalue weighted by atomic mass is 19.3. The molecule has 1 aromatic carbocycles. The summed E-state index contributed by atoms with van der Waals surface area (Å²) in [5.41, 5.74) is 4.05. The van der Waals surface area contributed by atoms with Crippen LogP contribution in [0.5, 0.6) is 0 Å². The summed E-state index contributed by atoms with van der Waals surface area (Å²) in [6, 6.07) is 4.71. The Hall–Kier alpha value is -1.56. The lowest BCUT2D eigenvalue weighted by Gasteiger charge is -2.29. The van der Waals surface area contributed by atoms with E-state index in [4.69, 9.17) is 5.73 Å². The van der Waals surface area contributed by atoms with Crippen LogP contribution in [0.2, 0.25) is 0 Å². The van der Waals surface area contributed by atoms with E-state index in [1.165, 1.54) is 12.1 Å². The number of ether oxygens (including phenoxy) is 1. The van der Waals surface area contributed by atoms with Gasteiger partial charge < -0.3 is 10.5 Å². The maximum atomic E-state index is 12.8. The molecule has 1 atom stereocenters. The molecule has 3 nitrogen and oxygen atoms in total. The van der Waals surface area contributed by atoms with Crippen LogP contribution in [-0.4, -0.2) is 26.0 Å². The van der Waals surface area contributed by atoms with Gasteiger partial charge in [0.05, 0.1) is 7.11 Å². The molecule has 1 unspecified atom stereocenters. The van der Waals surface area contributed by atoms with Crippen molar-refractivity contribution in [1.82, 2.24) is 0 Å². The third-order valence-corrected chi connectivity index (χ3v) is 2.82. The van der Waals surface area contributed by atoms with Crippen LogP contribution >= 0.6 is 0 Å². The lowest BCUT2D eigenvalue weighted by molar-refractivity contribution is -0.149. The molecule has 0 aliphatic rings. The zero-order valence-electron chi connectivity index (χ0n) is 9.83. The zero-order valence-corrected chi connectivity index (χ0v) is 9.83. The van der Waals surface area contributed by atoms with Crippen LogP contribution in [0.3, 0.4) is 0 Å². The smallest absolute Gasteiger partial charge is 0.317 e. The molecule has 0 saturated carbocycles. The Morgan fingerprint density at radius 1 is 1.39 bits per heavy atom. The second kappa shape index (κ2) is 5.86. The molecular formula is C12H14F3NO2. The number of hydrogen-bond donors (Lipinski definition) is 1. The summed E-state index contributed by atoms with van der Waals surface area (Å²) in [6.45, 7) is -0.338. The van der Waals surface area contributed by atoms with E-state index in [1.807, 2.05) is 0 Å². The zero-order chi connectivity index (χ0) is 13.8. The van der Waals surface area contributed by atoms with Gasteiger partial charge in [-0.15, -0.1) is 0 Å². The van der Waals surface area contributed by atoms with Crippen molar-refractivity contribution in [2.75, 3.05) is 13.7 Å². The maximum Gasteiger partial charge on any atom is 0.317 e. The molecule has 0 aromatic heterocycles. The third kappa shape index (κ3) is 2.81. The lowest BCUT2D eigenvalue weighted by Crippen LogP contribution is -2.45. The van der Waals surface area contributed by atoms with Crippen molar-refractivity contribution in [3.8, 4) is 0 Å². The largest absolute Gasteiger partial charge is 0.468 e. The monoisotopic (exact) mass is 261 g/mol. The number of hydrogen-bond acceptors (Lipinski definition) is 3. The van der Waals surface area contributed by atoms with Crippen molar-refractivity contribution in [3.63, 3.8) is 0 Å². The summed E-state index contributed by atoms with van der Waals surface area (Å²) in [5, 5.41) is 0. The molecule has 0 heterocycles. The van der Waals surface area contributed by atoms with Crippen LogP contribution in [0.4, 0.5) is 13.2 Å². The molecule has 0 spiro atoms.